The van der Waals surface area contributed by atoms with Gasteiger partial charge in [0.25, 0.3) is 0 Å². The molecule has 0 unspecified atom stereocenters. The van der Waals surface area contributed by atoms with E-state index in [2.05, 4.69) is 33.0 Å². The maximum Gasteiger partial charge on any atom is 0.230 e. The molecule has 0 saturated heterocycles. The van der Waals surface area contributed by atoms with Crippen molar-refractivity contribution in [3.63, 3.8) is 0 Å². The number of hydrogen-bond donors (Lipinski definition) is 1. The largest absolute Gasteiger partial charge is 0.355 e. The molecular weight excluding hydrogens is 170 g/mol. The molecule has 0 aromatic carbocycles. The Labute approximate surface area is 79.5 Å². The first-order chi connectivity index (χ1) is 5.52. The number of carbonyl (C=O) groups is 1. The minimum Gasteiger partial charge on any atom is -0.355 e. The van der Waals surface area contributed by atoms with Gasteiger partial charge in [0.2, 0.25) is 5.91 Å². The highest BCUT2D eigenvalue weighted by Crippen LogP contribution is 2.07. The van der Waals surface area contributed by atoms with Crippen molar-refractivity contribution >= 4 is 17.7 Å². The summed E-state index contributed by atoms with van der Waals surface area (Å²) in [6.07, 6.45) is 0. The molecule has 0 rings (SSSR count). The zero-order valence-electron chi connectivity index (χ0n) is 8.39. The normalized spacial score (nSPS) is 10.8. The number of carbonyl (C=O) groups excluding carboxylic acids is 1. The molecule has 3 heteroatoms. The van der Waals surface area contributed by atoms with E-state index in [1.165, 1.54) is 0 Å². The highest BCUT2D eigenvalue weighted by Gasteiger charge is 2.03. The molecule has 0 heterocycles. The zero-order valence-corrected chi connectivity index (χ0v) is 9.20. The van der Waals surface area contributed by atoms with E-state index in [0.717, 1.165) is 6.54 Å². The van der Waals surface area contributed by atoms with Crippen LogP contribution in [0.2, 0.25) is 0 Å². The van der Waals surface area contributed by atoms with Crippen LogP contribution in [0.5, 0.6) is 0 Å². The van der Waals surface area contributed by atoms with Crippen LogP contribution in [-0.4, -0.2) is 23.5 Å². The molecule has 1 amide bonds. The second-order valence-electron chi connectivity index (χ2n) is 3.56. The van der Waals surface area contributed by atoms with Crippen LogP contribution in [0.1, 0.15) is 27.7 Å². The van der Waals surface area contributed by atoms with E-state index < -0.39 is 0 Å². The van der Waals surface area contributed by atoms with Gasteiger partial charge < -0.3 is 5.32 Å². The van der Waals surface area contributed by atoms with E-state index in [1.54, 1.807) is 11.8 Å². The van der Waals surface area contributed by atoms with E-state index >= 15 is 0 Å². The van der Waals surface area contributed by atoms with Crippen LogP contribution in [0.4, 0.5) is 0 Å². The molecule has 0 aromatic heterocycles. The van der Waals surface area contributed by atoms with Crippen LogP contribution in [0, 0.1) is 5.92 Å². The third-order valence-electron chi connectivity index (χ3n) is 1.26. The molecule has 0 bridgehead atoms. The molecule has 12 heavy (non-hydrogen) atoms. The van der Waals surface area contributed by atoms with Crippen LogP contribution in [-0.2, 0) is 4.79 Å². The molecular formula is C9H19NOS. The summed E-state index contributed by atoms with van der Waals surface area (Å²) in [5, 5.41) is 3.41. The molecule has 0 saturated carbocycles. The van der Waals surface area contributed by atoms with E-state index in [9.17, 15) is 4.79 Å². The lowest BCUT2D eigenvalue weighted by atomic mass is 10.2. The Balaban J connectivity index is 3.34. The first kappa shape index (κ1) is 11.8. The van der Waals surface area contributed by atoms with Crippen molar-refractivity contribution in [1.82, 2.24) is 5.32 Å². The Bertz CT molecular complexity index is 120. The summed E-state index contributed by atoms with van der Waals surface area (Å²) in [7, 11) is 0. The number of hydrogen-bond acceptors (Lipinski definition) is 2. The van der Waals surface area contributed by atoms with Gasteiger partial charge in [0, 0.05) is 6.54 Å². The van der Waals surface area contributed by atoms with Gasteiger partial charge in [-0.3, -0.25) is 4.79 Å². The van der Waals surface area contributed by atoms with Gasteiger partial charge in [-0.25, -0.2) is 0 Å². The molecule has 0 aromatic rings. The summed E-state index contributed by atoms with van der Waals surface area (Å²) >= 11 is 1.68. The van der Waals surface area contributed by atoms with Crippen LogP contribution in [0.15, 0.2) is 0 Å². The number of amides is 1. The zero-order chi connectivity index (χ0) is 9.56. The van der Waals surface area contributed by atoms with Crippen LogP contribution in [0.25, 0.3) is 0 Å². The van der Waals surface area contributed by atoms with Crippen molar-refractivity contribution < 1.29 is 4.79 Å². The molecule has 0 aliphatic carbocycles. The van der Waals surface area contributed by atoms with Crippen molar-refractivity contribution in [3.8, 4) is 0 Å². The van der Waals surface area contributed by atoms with Gasteiger partial charge in [-0.05, 0) is 11.2 Å². The van der Waals surface area contributed by atoms with Gasteiger partial charge in [0.15, 0.2) is 0 Å². The van der Waals surface area contributed by atoms with Crippen LogP contribution in [0.3, 0.4) is 0 Å². The van der Waals surface area contributed by atoms with Gasteiger partial charge in [-0.1, -0.05) is 27.7 Å². The first-order valence-corrected chi connectivity index (χ1v) is 5.45. The number of nitrogens with one attached hydrogen (secondary N) is 1. The summed E-state index contributed by atoms with van der Waals surface area (Å²) in [5.74, 6) is 1.28. The van der Waals surface area contributed by atoms with Gasteiger partial charge in [-0.2, -0.15) is 0 Å². The Morgan fingerprint density at radius 3 is 2.33 bits per heavy atom. The Hall–Kier alpha value is -0.180. The molecule has 0 atom stereocenters. The summed E-state index contributed by atoms with van der Waals surface area (Å²) in [5.41, 5.74) is 0. The van der Waals surface area contributed by atoms with Gasteiger partial charge >= 0.3 is 0 Å². The Morgan fingerprint density at radius 1 is 1.33 bits per heavy atom. The Morgan fingerprint density at radius 2 is 1.92 bits per heavy atom. The number of thioether (sulfide) groups is 1. The van der Waals surface area contributed by atoms with Crippen LogP contribution < -0.4 is 5.32 Å². The topological polar surface area (TPSA) is 29.1 Å². The average Bonchev–Trinajstić information content (AvgIpc) is 1.96. The molecule has 72 valence electrons. The third-order valence-corrected chi connectivity index (χ3v) is 2.35. The molecule has 0 fully saturated rings. The van der Waals surface area contributed by atoms with Crippen molar-refractivity contribution in [3.05, 3.63) is 0 Å². The van der Waals surface area contributed by atoms with Gasteiger partial charge in [0.05, 0.1) is 5.75 Å². The molecule has 0 radical (unpaired) electrons. The third kappa shape index (κ3) is 7.92. The predicted molar refractivity (Wildman–Crippen MR) is 55.4 cm³/mol. The van der Waals surface area contributed by atoms with E-state index in [-0.39, 0.29) is 5.91 Å². The fraction of sp³-hybridized carbons (Fsp3) is 0.889. The lowest BCUT2D eigenvalue weighted by Crippen LogP contribution is -2.29. The van der Waals surface area contributed by atoms with Crippen molar-refractivity contribution in [1.29, 1.82) is 0 Å². The molecule has 0 spiro atoms. The van der Waals surface area contributed by atoms with Crippen LogP contribution >= 0.6 is 11.8 Å². The second-order valence-corrected chi connectivity index (χ2v) is 5.12. The average molecular weight is 189 g/mol. The lowest BCUT2D eigenvalue weighted by molar-refractivity contribution is -0.118. The predicted octanol–water partition coefficient (Wildman–Crippen LogP) is 1.90. The Kier molecular flexibility index (Phi) is 6.25. The second kappa shape index (κ2) is 6.35. The van der Waals surface area contributed by atoms with Crippen molar-refractivity contribution in [2.75, 3.05) is 12.3 Å². The first-order valence-electron chi connectivity index (χ1n) is 4.40. The summed E-state index contributed by atoms with van der Waals surface area (Å²) in [6, 6.07) is 0. The maximum atomic E-state index is 11.1. The fourth-order valence-corrected chi connectivity index (χ4v) is 1.20. The molecule has 2 nitrogen and oxygen atoms in total. The minimum absolute atomic E-state index is 0.155. The minimum atomic E-state index is 0.155. The number of rotatable bonds is 5. The lowest BCUT2D eigenvalue weighted by Gasteiger charge is -2.08. The highest BCUT2D eigenvalue weighted by atomic mass is 32.2. The molecule has 0 aliphatic rings. The van der Waals surface area contributed by atoms with Gasteiger partial charge in [-0.15, -0.1) is 11.8 Å². The quantitative estimate of drug-likeness (QED) is 0.715. The fourth-order valence-electron chi connectivity index (χ4n) is 0.611. The maximum absolute atomic E-state index is 11.1. The van der Waals surface area contributed by atoms with E-state index in [1.807, 2.05) is 0 Å². The van der Waals surface area contributed by atoms with Crippen molar-refractivity contribution in [2.45, 2.75) is 32.9 Å². The standard InChI is InChI=1S/C9H19NOS/c1-7(2)5-10-9(11)6-12-8(3)4/h7-8H,5-6H2,1-4H3,(H,10,11). The summed E-state index contributed by atoms with van der Waals surface area (Å²) < 4.78 is 0. The van der Waals surface area contributed by atoms with Crippen molar-refractivity contribution in [2.24, 2.45) is 5.92 Å². The van der Waals surface area contributed by atoms with Gasteiger partial charge in [0.1, 0.15) is 0 Å². The van der Waals surface area contributed by atoms with E-state index in [0.29, 0.717) is 16.9 Å². The summed E-state index contributed by atoms with van der Waals surface area (Å²) in [6.45, 7) is 9.17. The molecule has 1 N–H and O–H groups in total. The monoisotopic (exact) mass is 189 g/mol. The smallest absolute Gasteiger partial charge is 0.230 e. The molecule has 0 aliphatic heterocycles. The summed E-state index contributed by atoms with van der Waals surface area (Å²) in [4.78, 5) is 11.1. The SMILES string of the molecule is CC(C)CNC(=O)CSC(C)C. The van der Waals surface area contributed by atoms with E-state index in [4.69, 9.17) is 0 Å². The highest BCUT2D eigenvalue weighted by molar-refractivity contribution is 8.00.